The smallest absolute Gasteiger partial charge is 0.175 e. The van der Waals surface area contributed by atoms with Gasteiger partial charge in [0.1, 0.15) is 5.85 Å². The summed E-state index contributed by atoms with van der Waals surface area (Å²) >= 11 is 1.43. The molecule has 21 heavy (non-hydrogen) atoms. The van der Waals surface area contributed by atoms with Crippen molar-refractivity contribution < 1.29 is 9.67 Å². The number of hydrogen-bond acceptors (Lipinski definition) is 3. The minimum atomic E-state index is -3.14. The Labute approximate surface area is 128 Å². The standard InChI is InChI=1S/C17H15O2PS/c18-17(16-12-7-13-21-16)20(19,14-8-3-1-4-9-14)15-10-5-2-6-11-15/h1-13,17-18H/t17-/m1/s1. The number of aliphatic hydroxyl groups excluding tert-OH is 1. The fourth-order valence-electron chi connectivity index (χ4n) is 2.35. The van der Waals surface area contributed by atoms with E-state index >= 15 is 0 Å². The molecule has 1 heterocycles. The van der Waals surface area contributed by atoms with E-state index in [0.717, 1.165) is 4.88 Å². The number of thiophene rings is 1. The highest BCUT2D eigenvalue weighted by Gasteiger charge is 2.36. The molecule has 0 spiro atoms. The topological polar surface area (TPSA) is 37.3 Å². The first kappa shape index (κ1) is 14.3. The Hall–Kier alpha value is -1.67. The molecule has 2 nitrogen and oxygen atoms in total. The van der Waals surface area contributed by atoms with Gasteiger partial charge < -0.3 is 9.67 Å². The van der Waals surface area contributed by atoms with Gasteiger partial charge in [0.05, 0.1) is 0 Å². The fraction of sp³-hybridized carbons (Fsp3) is 0.0588. The van der Waals surface area contributed by atoms with Crippen molar-refractivity contribution in [2.24, 2.45) is 0 Å². The van der Waals surface area contributed by atoms with E-state index in [1.165, 1.54) is 11.3 Å². The van der Waals surface area contributed by atoms with E-state index in [1.54, 1.807) is 0 Å². The van der Waals surface area contributed by atoms with Crippen LogP contribution in [0.1, 0.15) is 10.7 Å². The van der Waals surface area contributed by atoms with E-state index in [2.05, 4.69) is 0 Å². The van der Waals surface area contributed by atoms with Crippen LogP contribution in [0.3, 0.4) is 0 Å². The van der Waals surface area contributed by atoms with Gasteiger partial charge in [0.25, 0.3) is 0 Å². The van der Waals surface area contributed by atoms with Crippen molar-refractivity contribution >= 4 is 29.1 Å². The van der Waals surface area contributed by atoms with Crippen molar-refractivity contribution in [1.82, 2.24) is 0 Å². The molecule has 106 valence electrons. The zero-order valence-corrected chi connectivity index (χ0v) is 13.0. The summed E-state index contributed by atoms with van der Waals surface area (Å²) in [5.74, 6) is -1.01. The molecule has 0 aliphatic rings. The molecule has 1 atom stereocenters. The first-order valence-electron chi connectivity index (χ1n) is 6.65. The summed E-state index contributed by atoms with van der Waals surface area (Å²) in [6.45, 7) is 0. The lowest BCUT2D eigenvalue weighted by Crippen LogP contribution is -2.20. The maximum absolute atomic E-state index is 13.8. The average molecular weight is 314 g/mol. The van der Waals surface area contributed by atoms with Crippen LogP contribution in [0.5, 0.6) is 0 Å². The highest BCUT2D eigenvalue weighted by Crippen LogP contribution is 2.56. The second kappa shape index (κ2) is 5.98. The van der Waals surface area contributed by atoms with Crippen LogP contribution in [0.15, 0.2) is 78.2 Å². The molecule has 0 amide bonds. The van der Waals surface area contributed by atoms with E-state index in [9.17, 15) is 9.67 Å². The molecule has 0 aliphatic carbocycles. The van der Waals surface area contributed by atoms with Gasteiger partial charge in [-0.05, 0) is 11.4 Å². The van der Waals surface area contributed by atoms with E-state index in [-0.39, 0.29) is 0 Å². The van der Waals surface area contributed by atoms with Crippen molar-refractivity contribution in [1.29, 1.82) is 0 Å². The molecule has 0 saturated heterocycles. The molecule has 0 unspecified atom stereocenters. The minimum absolute atomic E-state index is 0.678. The fourth-order valence-corrected chi connectivity index (χ4v) is 6.11. The lowest BCUT2D eigenvalue weighted by atomic mass is 10.4. The van der Waals surface area contributed by atoms with Gasteiger partial charge in [-0.15, -0.1) is 11.3 Å². The summed E-state index contributed by atoms with van der Waals surface area (Å²) in [4.78, 5) is 0.728. The third kappa shape index (κ3) is 2.60. The molecule has 3 aromatic rings. The maximum atomic E-state index is 13.8. The molecular weight excluding hydrogens is 299 g/mol. The lowest BCUT2D eigenvalue weighted by molar-refractivity contribution is 0.260. The highest BCUT2D eigenvalue weighted by molar-refractivity contribution is 7.79. The predicted molar refractivity (Wildman–Crippen MR) is 89.0 cm³/mol. The van der Waals surface area contributed by atoms with Crippen LogP contribution in [-0.2, 0) is 4.57 Å². The average Bonchev–Trinajstić information content (AvgIpc) is 3.09. The van der Waals surface area contributed by atoms with Crippen LogP contribution >= 0.6 is 18.5 Å². The van der Waals surface area contributed by atoms with Crippen LogP contribution in [0.2, 0.25) is 0 Å². The van der Waals surface area contributed by atoms with Gasteiger partial charge in [-0.3, -0.25) is 0 Å². The molecule has 3 rings (SSSR count). The Balaban J connectivity index is 2.19. The summed E-state index contributed by atoms with van der Waals surface area (Å²) in [7, 11) is -3.14. The van der Waals surface area contributed by atoms with Gasteiger partial charge in [0.2, 0.25) is 0 Å². The number of aliphatic hydroxyl groups is 1. The molecule has 0 saturated carbocycles. The zero-order valence-electron chi connectivity index (χ0n) is 11.3. The Bertz CT molecular complexity index is 695. The Morgan fingerprint density at radius 1 is 0.810 bits per heavy atom. The summed E-state index contributed by atoms with van der Waals surface area (Å²) < 4.78 is 13.8. The predicted octanol–water partition coefficient (Wildman–Crippen LogP) is 3.75. The largest absolute Gasteiger partial charge is 0.379 e. The molecule has 0 aliphatic heterocycles. The van der Waals surface area contributed by atoms with Crippen molar-refractivity contribution in [2.45, 2.75) is 5.85 Å². The second-order valence-corrected chi connectivity index (χ2v) is 8.54. The zero-order chi connectivity index (χ0) is 14.7. The molecule has 2 aromatic carbocycles. The van der Waals surface area contributed by atoms with Gasteiger partial charge in [-0.1, -0.05) is 66.7 Å². The van der Waals surface area contributed by atoms with Gasteiger partial charge in [0, 0.05) is 15.5 Å². The first-order chi connectivity index (χ1) is 10.2. The van der Waals surface area contributed by atoms with Crippen LogP contribution < -0.4 is 10.6 Å². The summed E-state index contributed by atoms with van der Waals surface area (Å²) in [5.41, 5.74) is 0. The quantitative estimate of drug-likeness (QED) is 0.745. The second-order valence-electron chi connectivity index (χ2n) is 4.72. The van der Waals surface area contributed by atoms with Gasteiger partial charge in [0.15, 0.2) is 7.14 Å². The number of benzene rings is 2. The Kier molecular flexibility index (Phi) is 4.07. The highest BCUT2D eigenvalue weighted by atomic mass is 32.1. The minimum Gasteiger partial charge on any atom is -0.379 e. The van der Waals surface area contributed by atoms with Crippen molar-refractivity contribution in [3.8, 4) is 0 Å². The van der Waals surface area contributed by atoms with Crippen molar-refractivity contribution in [3.63, 3.8) is 0 Å². The number of rotatable bonds is 4. The van der Waals surface area contributed by atoms with Crippen LogP contribution in [0.25, 0.3) is 0 Å². The van der Waals surface area contributed by atoms with Gasteiger partial charge in [-0.25, -0.2) is 0 Å². The van der Waals surface area contributed by atoms with E-state index in [1.807, 2.05) is 78.2 Å². The molecular formula is C17H15O2PS. The number of hydrogen-bond donors (Lipinski definition) is 1. The summed E-state index contributed by atoms with van der Waals surface area (Å²) in [6, 6.07) is 22.2. The SMILES string of the molecule is O=P(c1ccccc1)(c1ccccc1)[C@@H](O)c1cccs1. The van der Waals surface area contributed by atoms with E-state index in [4.69, 9.17) is 0 Å². The summed E-state index contributed by atoms with van der Waals surface area (Å²) in [6.07, 6.45) is 0. The third-order valence-electron chi connectivity index (χ3n) is 3.42. The summed E-state index contributed by atoms with van der Waals surface area (Å²) in [5, 5.41) is 14.0. The Morgan fingerprint density at radius 2 is 1.33 bits per heavy atom. The Morgan fingerprint density at radius 3 is 1.76 bits per heavy atom. The van der Waals surface area contributed by atoms with Crippen LogP contribution in [0, 0.1) is 0 Å². The normalized spacial score (nSPS) is 13.0. The lowest BCUT2D eigenvalue weighted by Gasteiger charge is -2.24. The maximum Gasteiger partial charge on any atom is 0.175 e. The third-order valence-corrected chi connectivity index (χ3v) is 7.62. The van der Waals surface area contributed by atoms with Gasteiger partial charge in [-0.2, -0.15) is 0 Å². The molecule has 1 N–H and O–H groups in total. The first-order valence-corrected chi connectivity index (χ1v) is 9.31. The van der Waals surface area contributed by atoms with Crippen molar-refractivity contribution in [2.75, 3.05) is 0 Å². The molecule has 1 aromatic heterocycles. The molecule has 0 radical (unpaired) electrons. The van der Waals surface area contributed by atoms with Crippen LogP contribution in [0.4, 0.5) is 0 Å². The van der Waals surface area contributed by atoms with E-state index in [0.29, 0.717) is 10.6 Å². The van der Waals surface area contributed by atoms with Crippen molar-refractivity contribution in [3.05, 3.63) is 83.1 Å². The van der Waals surface area contributed by atoms with E-state index < -0.39 is 13.0 Å². The van der Waals surface area contributed by atoms with Crippen LogP contribution in [-0.4, -0.2) is 5.11 Å². The molecule has 0 fully saturated rings. The molecule has 4 heteroatoms. The molecule has 0 bridgehead atoms. The monoisotopic (exact) mass is 314 g/mol. The van der Waals surface area contributed by atoms with Gasteiger partial charge >= 0.3 is 0 Å².